The van der Waals surface area contributed by atoms with Crippen LogP contribution in [0.3, 0.4) is 0 Å². The summed E-state index contributed by atoms with van der Waals surface area (Å²) in [4.78, 5) is 7.86. The third kappa shape index (κ3) is 3.88. The number of rotatable bonds is 5. The van der Waals surface area contributed by atoms with Gasteiger partial charge in [-0.15, -0.1) is 0 Å². The van der Waals surface area contributed by atoms with Crippen molar-refractivity contribution in [1.29, 1.82) is 0 Å². The van der Waals surface area contributed by atoms with Gasteiger partial charge in [0.2, 0.25) is 0 Å². The highest BCUT2D eigenvalue weighted by atomic mass is 79.9. The number of nitrogens with one attached hydrogen (secondary N) is 1. The molecule has 0 saturated heterocycles. The fourth-order valence-corrected chi connectivity index (χ4v) is 1.85. The third-order valence-corrected chi connectivity index (χ3v) is 3.44. The quantitative estimate of drug-likeness (QED) is 0.821. The van der Waals surface area contributed by atoms with E-state index in [1.807, 2.05) is 6.92 Å². The minimum absolute atomic E-state index is 0.354. The smallest absolute Gasteiger partial charge is 0.148 e. The molecule has 1 aromatic rings. The Bertz CT molecular complexity index is 360. The first-order valence-corrected chi connectivity index (χ1v) is 6.25. The van der Waals surface area contributed by atoms with Crippen molar-refractivity contribution in [2.45, 2.75) is 32.3 Å². The van der Waals surface area contributed by atoms with Gasteiger partial charge >= 0.3 is 0 Å². The summed E-state index contributed by atoms with van der Waals surface area (Å²) in [6.45, 7) is 4.25. The van der Waals surface area contributed by atoms with E-state index in [-0.39, 0.29) is 0 Å². The van der Waals surface area contributed by atoms with Crippen LogP contribution in [0.2, 0.25) is 5.15 Å². The molecule has 1 unspecified atom stereocenters. The molecule has 4 nitrogen and oxygen atoms in total. The van der Waals surface area contributed by atoms with Gasteiger partial charge in [-0.25, -0.2) is 9.97 Å². The zero-order chi connectivity index (χ0) is 12.2. The molecule has 0 bridgehead atoms. The number of hydrogen-bond donors (Lipinski definition) is 2. The third-order valence-electron chi connectivity index (χ3n) is 2.17. The lowest BCUT2D eigenvalue weighted by Gasteiger charge is -2.23. The van der Waals surface area contributed by atoms with Crippen LogP contribution in [0, 0.1) is 0 Å². The van der Waals surface area contributed by atoms with E-state index in [1.165, 1.54) is 6.33 Å². The lowest BCUT2D eigenvalue weighted by molar-refractivity contribution is 0.0636. The van der Waals surface area contributed by atoms with Crippen molar-refractivity contribution < 1.29 is 5.11 Å². The molecule has 0 aliphatic rings. The van der Waals surface area contributed by atoms with E-state index < -0.39 is 5.60 Å². The first-order chi connectivity index (χ1) is 7.46. The second kappa shape index (κ2) is 5.80. The van der Waals surface area contributed by atoms with Crippen molar-refractivity contribution in [2.24, 2.45) is 0 Å². The largest absolute Gasteiger partial charge is 0.388 e. The standard InChI is InChI=1S/C10H15BrClN3O/c1-3-4-10(2,16)5-13-9-7(11)8(12)14-6-15-9/h6,16H,3-5H2,1-2H3,(H,13,14,15). The predicted octanol–water partition coefficient (Wildman–Crippen LogP) is 2.86. The summed E-state index contributed by atoms with van der Waals surface area (Å²) in [5, 5.41) is 13.4. The minimum Gasteiger partial charge on any atom is -0.388 e. The van der Waals surface area contributed by atoms with Gasteiger partial charge in [-0.3, -0.25) is 0 Å². The lowest BCUT2D eigenvalue weighted by Crippen LogP contribution is -2.33. The monoisotopic (exact) mass is 307 g/mol. The number of anilines is 1. The second-order valence-corrected chi connectivity index (χ2v) is 5.08. The Morgan fingerprint density at radius 1 is 1.56 bits per heavy atom. The number of aliphatic hydroxyl groups is 1. The molecule has 0 saturated carbocycles. The summed E-state index contributed by atoms with van der Waals surface area (Å²) in [6.07, 6.45) is 3.04. The fraction of sp³-hybridized carbons (Fsp3) is 0.600. The van der Waals surface area contributed by atoms with Crippen LogP contribution in [-0.2, 0) is 0 Å². The van der Waals surface area contributed by atoms with E-state index in [1.54, 1.807) is 6.92 Å². The molecule has 90 valence electrons. The van der Waals surface area contributed by atoms with Gasteiger partial charge in [0.1, 0.15) is 17.3 Å². The van der Waals surface area contributed by atoms with Gasteiger partial charge in [0, 0.05) is 6.54 Å². The normalized spacial score (nSPS) is 14.6. The van der Waals surface area contributed by atoms with Gasteiger partial charge in [0.05, 0.1) is 10.1 Å². The Balaban J connectivity index is 2.64. The minimum atomic E-state index is -0.744. The maximum Gasteiger partial charge on any atom is 0.148 e. The Morgan fingerprint density at radius 2 is 2.25 bits per heavy atom. The molecule has 1 aromatic heterocycles. The van der Waals surface area contributed by atoms with E-state index >= 15 is 0 Å². The molecule has 1 heterocycles. The molecule has 0 fully saturated rings. The summed E-state index contributed by atoms with van der Waals surface area (Å²) >= 11 is 9.11. The number of halogens is 2. The van der Waals surface area contributed by atoms with Crippen molar-refractivity contribution in [1.82, 2.24) is 9.97 Å². The molecule has 0 aliphatic heterocycles. The van der Waals surface area contributed by atoms with Gasteiger partial charge in [0.15, 0.2) is 0 Å². The Morgan fingerprint density at radius 3 is 2.88 bits per heavy atom. The molecule has 0 spiro atoms. The van der Waals surface area contributed by atoms with Gasteiger partial charge in [-0.05, 0) is 29.3 Å². The summed E-state index contributed by atoms with van der Waals surface area (Å²) in [5.41, 5.74) is -0.744. The average Bonchev–Trinajstić information content (AvgIpc) is 2.20. The molecular weight excluding hydrogens is 293 g/mol. The number of nitrogens with zero attached hydrogens (tertiary/aromatic N) is 2. The van der Waals surface area contributed by atoms with Gasteiger partial charge in [-0.1, -0.05) is 24.9 Å². The van der Waals surface area contributed by atoms with Crippen LogP contribution in [-0.4, -0.2) is 27.2 Å². The molecule has 1 atom stereocenters. The molecule has 0 amide bonds. The van der Waals surface area contributed by atoms with E-state index in [0.29, 0.717) is 22.0 Å². The summed E-state index contributed by atoms with van der Waals surface area (Å²) in [6, 6.07) is 0. The molecule has 2 N–H and O–H groups in total. The van der Waals surface area contributed by atoms with Crippen molar-refractivity contribution in [2.75, 3.05) is 11.9 Å². The van der Waals surface area contributed by atoms with Crippen molar-refractivity contribution in [3.8, 4) is 0 Å². The molecule has 0 radical (unpaired) electrons. The Kier molecular flexibility index (Phi) is 4.95. The maximum atomic E-state index is 9.98. The highest BCUT2D eigenvalue weighted by Gasteiger charge is 2.19. The lowest BCUT2D eigenvalue weighted by atomic mass is 10.0. The summed E-state index contributed by atoms with van der Waals surface area (Å²) in [7, 11) is 0. The first-order valence-electron chi connectivity index (χ1n) is 5.08. The molecular formula is C10H15BrClN3O. The zero-order valence-corrected chi connectivity index (χ0v) is 11.6. The van der Waals surface area contributed by atoms with Crippen molar-refractivity contribution in [3.63, 3.8) is 0 Å². The Hall–Kier alpha value is -0.390. The maximum absolute atomic E-state index is 9.98. The van der Waals surface area contributed by atoms with E-state index in [2.05, 4.69) is 31.2 Å². The van der Waals surface area contributed by atoms with Crippen LogP contribution in [0.1, 0.15) is 26.7 Å². The number of hydrogen-bond acceptors (Lipinski definition) is 4. The molecule has 16 heavy (non-hydrogen) atoms. The van der Waals surface area contributed by atoms with Crippen molar-refractivity contribution >= 4 is 33.3 Å². The highest BCUT2D eigenvalue weighted by molar-refractivity contribution is 9.10. The summed E-state index contributed by atoms with van der Waals surface area (Å²) in [5.74, 6) is 0.594. The fourth-order valence-electron chi connectivity index (χ4n) is 1.37. The summed E-state index contributed by atoms with van der Waals surface area (Å²) < 4.78 is 0.615. The van der Waals surface area contributed by atoms with Crippen LogP contribution in [0.5, 0.6) is 0 Å². The van der Waals surface area contributed by atoms with E-state index in [9.17, 15) is 5.11 Å². The van der Waals surface area contributed by atoms with Gasteiger partial charge in [0.25, 0.3) is 0 Å². The van der Waals surface area contributed by atoms with Gasteiger partial charge in [-0.2, -0.15) is 0 Å². The molecule has 0 aromatic carbocycles. The highest BCUT2D eigenvalue weighted by Crippen LogP contribution is 2.26. The Labute approximate surface area is 109 Å². The van der Waals surface area contributed by atoms with Gasteiger partial charge < -0.3 is 10.4 Å². The van der Waals surface area contributed by atoms with Crippen LogP contribution in [0.15, 0.2) is 10.8 Å². The molecule has 0 aliphatic carbocycles. The van der Waals surface area contributed by atoms with E-state index in [0.717, 1.165) is 12.8 Å². The SMILES string of the molecule is CCCC(C)(O)CNc1ncnc(Cl)c1Br. The second-order valence-electron chi connectivity index (χ2n) is 3.93. The van der Waals surface area contributed by atoms with Crippen LogP contribution in [0.4, 0.5) is 5.82 Å². The molecule has 1 rings (SSSR count). The first kappa shape index (κ1) is 13.7. The number of aromatic nitrogens is 2. The van der Waals surface area contributed by atoms with Crippen LogP contribution in [0.25, 0.3) is 0 Å². The van der Waals surface area contributed by atoms with E-state index in [4.69, 9.17) is 11.6 Å². The zero-order valence-electron chi connectivity index (χ0n) is 9.30. The van der Waals surface area contributed by atoms with Crippen molar-refractivity contribution in [3.05, 3.63) is 16.0 Å². The predicted molar refractivity (Wildman–Crippen MR) is 68.8 cm³/mol. The topological polar surface area (TPSA) is 58.0 Å². The van der Waals surface area contributed by atoms with Crippen LogP contribution >= 0.6 is 27.5 Å². The molecule has 6 heteroatoms. The van der Waals surface area contributed by atoms with Crippen LogP contribution < -0.4 is 5.32 Å². The average molecular weight is 309 g/mol.